The molecule has 2 N–H and O–H groups in total. The highest BCUT2D eigenvalue weighted by Crippen LogP contribution is 2.27. The molecule has 0 aromatic heterocycles. The summed E-state index contributed by atoms with van der Waals surface area (Å²) in [6.07, 6.45) is 1.25. The first kappa shape index (κ1) is 11.2. The fourth-order valence-corrected chi connectivity index (χ4v) is 2.65. The van der Waals surface area contributed by atoms with Crippen LogP contribution in [0.2, 0.25) is 0 Å². The summed E-state index contributed by atoms with van der Waals surface area (Å²) in [5, 5.41) is 0. The summed E-state index contributed by atoms with van der Waals surface area (Å²) in [6.45, 7) is 6.47. The van der Waals surface area contributed by atoms with Gasteiger partial charge in [0.15, 0.2) is 0 Å². The van der Waals surface area contributed by atoms with Gasteiger partial charge in [0, 0.05) is 24.5 Å². The molecule has 3 heteroatoms. The van der Waals surface area contributed by atoms with Gasteiger partial charge in [0.1, 0.15) is 5.82 Å². The van der Waals surface area contributed by atoms with Gasteiger partial charge in [-0.2, -0.15) is 0 Å². The van der Waals surface area contributed by atoms with Crippen LogP contribution in [0.3, 0.4) is 0 Å². The number of benzene rings is 1. The third-order valence-electron chi connectivity index (χ3n) is 3.14. The van der Waals surface area contributed by atoms with Crippen molar-refractivity contribution in [1.29, 1.82) is 0 Å². The largest absolute Gasteiger partial charge is 0.399 e. The van der Waals surface area contributed by atoms with Gasteiger partial charge in [-0.1, -0.05) is 13.8 Å². The summed E-state index contributed by atoms with van der Waals surface area (Å²) in [5.74, 6) is 1.07. The Labute approximate surface area is 96.2 Å². The highest BCUT2D eigenvalue weighted by Gasteiger charge is 2.22. The number of nitrogens with zero attached hydrogens (tertiary/aromatic N) is 1. The third-order valence-corrected chi connectivity index (χ3v) is 3.14. The maximum absolute atomic E-state index is 13.3. The average molecular weight is 222 g/mol. The van der Waals surface area contributed by atoms with E-state index >= 15 is 0 Å². The van der Waals surface area contributed by atoms with Crippen LogP contribution in [-0.4, -0.2) is 13.1 Å². The van der Waals surface area contributed by atoms with Gasteiger partial charge in [0.2, 0.25) is 0 Å². The molecule has 88 valence electrons. The Bertz CT molecular complexity index is 348. The van der Waals surface area contributed by atoms with E-state index in [2.05, 4.69) is 18.7 Å². The number of hydrogen-bond donors (Lipinski definition) is 1. The van der Waals surface area contributed by atoms with Gasteiger partial charge in [-0.05, 0) is 36.5 Å². The number of halogens is 1. The minimum Gasteiger partial charge on any atom is -0.399 e. The lowest BCUT2D eigenvalue weighted by Gasteiger charge is -2.36. The first-order valence-corrected chi connectivity index (χ1v) is 5.85. The van der Waals surface area contributed by atoms with Crippen molar-refractivity contribution in [3.05, 3.63) is 24.0 Å². The van der Waals surface area contributed by atoms with E-state index in [1.807, 2.05) is 6.07 Å². The maximum Gasteiger partial charge on any atom is 0.127 e. The zero-order chi connectivity index (χ0) is 11.7. The Kier molecular flexibility index (Phi) is 3.03. The number of piperidine rings is 1. The monoisotopic (exact) mass is 222 g/mol. The van der Waals surface area contributed by atoms with E-state index in [4.69, 9.17) is 5.73 Å². The Balaban J connectivity index is 2.22. The van der Waals surface area contributed by atoms with Crippen LogP contribution in [0.25, 0.3) is 0 Å². The first-order valence-electron chi connectivity index (χ1n) is 5.85. The van der Waals surface area contributed by atoms with Crippen molar-refractivity contribution in [2.24, 2.45) is 11.8 Å². The highest BCUT2D eigenvalue weighted by atomic mass is 19.1. The Morgan fingerprint density at radius 2 is 1.81 bits per heavy atom. The van der Waals surface area contributed by atoms with Crippen LogP contribution < -0.4 is 10.6 Å². The topological polar surface area (TPSA) is 29.3 Å². The summed E-state index contributed by atoms with van der Waals surface area (Å²) in [7, 11) is 0. The Morgan fingerprint density at radius 1 is 1.19 bits per heavy atom. The van der Waals surface area contributed by atoms with Gasteiger partial charge >= 0.3 is 0 Å². The molecule has 16 heavy (non-hydrogen) atoms. The van der Waals surface area contributed by atoms with Gasteiger partial charge in [0.25, 0.3) is 0 Å². The van der Waals surface area contributed by atoms with Crippen LogP contribution in [0.5, 0.6) is 0 Å². The predicted molar refractivity (Wildman–Crippen MR) is 66.0 cm³/mol. The molecule has 1 aromatic rings. The van der Waals surface area contributed by atoms with Gasteiger partial charge < -0.3 is 10.6 Å². The molecule has 1 fully saturated rings. The molecule has 2 rings (SSSR count). The molecule has 1 saturated heterocycles. The Morgan fingerprint density at radius 3 is 2.38 bits per heavy atom. The second-order valence-corrected chi connectivity index (χ2v) is 5.09. The molecule has 0 radical (unpaired) electrons. The molecule has 1 aliphatic rings. The molecular weight excluding hydrogens is 203 g/mol. The molecule has 1 aliphatic heterocycles. The third kappa shape index (κ3) is 2.46. The highest BCUT2D eigenvalue weighted by molar-refractivity contribution is 5.56. The van der Waals surface area contributed by atoms with E-state index in [9.17, 15) is 4.39 Å². The average Bonchev–Trinajstić information content (AvgIpc) is 2.14. The number of anilines is 2. The van der Waals surface area contributed by atoms with Gasteiger partial charge in [-0.25, -0.2) is 4.39 Å². The number of rotatable bonds is 1. The van der Waals surface area contributed by atoms with Crippen LogP contribution in [0, 0.1) is 17.7 Å². The van der Waals surface area contributed by atoms with E-state index in [0.717, 1.165) is 18.8 Å². The molecule has 0 bridgehead atoms. The van der Waals surface area contributed by atoms with E-state index in [1.165, 1.54) is 12.5 Å². The summed E-state index contributed by atoms with van der Waals surface area (Å²) in [6, 6.07) is 4.79. The molecule has 0 amide bonds. The molecule has 2 nitrogen and oxygen atoms in total. The van der Waals surface area contributed by atoms with Crippen LogP contribution in [0.15, 0.2) is 18.2 Å². The fourth-order valence-electron chi connectivity index (χ4n) is 2.65. The van der Waals surface area contributed by atoms with E-state index in [1.54, 1.807) is 6.07 Å². The predicted octanol–water partition coefficient (Wildman–Crippen LogP) is 2.89. The van der Waals surface area contributed by atoms with E-state index in [0.29, 0.717) is 17.5 Å². The second kappa shape index (κ2) is 4.32. The number of nitrogens with two attached hydrogens (primary N) is 1. The van der Waals surface area contributed by atoms with E-state index in [-0.39, 0.29) is 5.82 Å². The summed E-state index contributed by atoms with van der Waals surface area (Å²) in [4.78, 5) is 2.23. The van der Waals surface area contributed by atoms with Crippen molar-refractivity contribution in [3.8, 4) is 0 Å². The molecular formula is C13H19FN2. The lowest BCUT2D eigenvalue weighted by Crippen LogP contribution is -2.38. The number of hydrogen-bond acceptors (Lipinski definition) is 2. The standard InChI is InChI=1S/C13H19FN2/c1-9-3-10(2)8-16(7-9)13-5-11(14)4-12(15)6-13/h4-6,9-10H,3,7-8,15H2,1-2H3. The molecule has 1 heterocycles. The van der Waals surface area contributed by atoms with Crippen LogP contribution in [-0.2, 0) is 0 Å². The Hall–Kier alpha value is -1.25. The first-order chi connectivity index (χ1) is 7.54. The zero-order valence-electron chi connectivity index (χ0n) is 9.91. The van der Waals surface area contributed by atoms with Crippen molar-refractivity contribution in [2.45, 2.75) is 20.3 Å². The molecule has 0 spiro atoms. The molecule has 1 aromatic carbocycles. The summed E-state index contributed by atoms with van der Waals surface area (Å²) < 4.78 is 13.3. The van der Waals surface area contributed by atoms with Crippen molar-refractivity contribution >= 4 is 11.4 Å². The quantitative estimate of drug-likeness (QED) is 0.740. The maximum atomic E-state index is 13.3. The normalized spacial score (nSPS) is 25.8. The van der Waals surface area contributed by atoms with Crippen LogP contribution in [0.4, 0.5) is 15.8 Å². The molecule has 0 saturated carbocycles. The van der Waals surface area contributed by atoms with E-state index < -0.39 is 0 Å². The molecule has 0 aliphatic carbocycles. The molecule has 2 unspecified atom stereocenters. The van der Waals surface area contributed by atoms with Gasteiger partial charge in [-0.3, -0.25) is 0 Å². The molecule has 2 atom stereocenters. The second-order valence-electron chi connectivity index (χ2n) is 5.09. The summed E-state index contributed by atoms with van der Waals surface area (Å²) >= 11 is 0. The SMILES string of the molecule is CC1CC(C)CN(c2cc(N)cc(F)c2)C1. The summed E-state index contributed by atoms with van der Waals surface area (Å²) in [5.41, 5.74) is 7.08. The van der Waals surface area contributed by atoms with Crippen molar-refractivity contribution in [3.63, 3.8) is 0 Å². The van der Waals surface area contributed by atoms with Crippen molar-refractivity contribution < 1.29 is 4.39 Å². The minimum absolute atomic E-state index is 0.249. The lowest BCUT2D eigenvalue weighted by molar-refractivity contribution is 0.356. The van der Waals surface area contributed by atoms with Gasteiger partial charge in [-0.15, -0.1) is 0 Å². The van der Waals surface area contributed by atoms with Crippen molar-refractivity contribution in [2.75, 3.05) is 23.7 Å². The lowest BCUT2D eigenvalue weighted by atomic mass is 9.91. The van der Waals surface area contributed by atoms with Crippen LogP contribution in [0.1, 0.15) is 20.3 Å². The van der Waals surface area contributed by atoms with Crippen LogP contribution >= 0.6 is 0 Å². The minimum atomic E-state index is -0.249. The smallest absolute Gasteiger partial charge is 0.127 e. The zero-order valence-corrected chi connectivity index (χ0v) is 9.91. The number of nitrogen functional groups attached to an aromatic ring is 1. The van der Waals surface area contributed by atoms with Crippen molar-refractivity contribution in [1.82, 2.24) is 0 Å². The fraction of sp³-hybridized carbons (Fsp3) is 0.538. The van der Waals surface area contributed by atoms with Gasteiger partial charge in [0.05, 0.1) is 0 Å².